The molecule has 3 nitrogen and oxygen atoms in total. The normalized spacial score (nSPS) is 10.9. The number of rotatable bonds is 5. The summed E-state index contributed by atoms with van der Waals surface area (Å²) in [6.07, 6.45) is 7.28. The molecular formula is C17H17NO2S. The fourth-order valence-electron chi connectivity index (χ4n) is 2.01. The second-order valence-corrected chi connectivity index (χ2v) is 6.41. The van der Waals surface area contributed by atoms with E-state index in [9.17, 15) is 8.42 Å². The van der Waals surface area contributed by atoms with E-state index in [0.717, 1.165) is 18.4 Å². The van der Waals surface area contributed by atoms with Gasteiger partial charge in [0.2, 0.25) is 0 Å². The number of benzene rings is 2. The lowest BCUT2D eigenvalue weighted by Crippen LogP contribution is -2.13. The zero-order chi connectivity index (χ0) is 15.3. The summed E-state index contributed by atoms with van der Waals surface area (Å²) in [5, 5.41) is 0. The van der Waals surface area contributed by atoms with E-state index in [0.29, 0.717) is 11.3 Å². The molecule has 4 heteroatoms. The van der Waals surface area contributed by atoms with E-state index in [1.54, 1.807) is 36.4 Å². The zero-order valence-corrected chi connectivity index (χ0v) is 12.7. The molecule has 1 N–H and O–H groups in total. The van der Waals surface area contributed by atoms with Crippen molar-refractivity contribution in [1.29, 1.82) is 0 Å². The average molecular weight is 299 g/mol. The second kappa shape index (κ2) is 6.47. The predicted molar refractivity (Wildman–Crippen MR) is 85.6 cm³/mol. The first-order valence-corrected chi connectivity index (χ1v) is 8.22. The number of sulfonamides is 1. The Morgan fingerprint density at radius 1 is 1.14 bits per heavy atom. The number of anilines is 1. The molecule has 21 heavy (non-hydrogen) atoms. The lowest BCUT2D eigenvalue weighted by molar-refractivity contribution is 0.601. The van der Waals surface area contributed by atoms with Crippen LogP contribution < -0.4 is 4.72 Å². The van der Waals surface area contributed by atoms with Crippen molar-refractivity contribution in [2.45, 2.75) is 24.7 Å². The van der Waals surface area contributed by atoms with Gasteiger partial charge in [0.05, 0.1) is 10.6 Å². The maximum atomic E-state index is 12.3. The van der Waals surface area contributed by atoms with Crippen molar-refractivity contribution in [1.82, 2.24) is 0 Å². The first-order chi connectivity index (χ1) is 10.0. The molecule has 0 atom stereocenters. The average Bonchev–Trinajstić information content (AvgIpc) is 2.48. The summed E-state index contributed by atoms with van der Waals surface area (Å²) in [7, 11) is -3.59. The topological polar surface area (TPSA) is 46.2 Å². The molecule has 2 aromatic carbocycles. The molecule has 0 fully saturated rings. The van der Waals surface area contributed by atoms with Gasteiger partial charge in [0, 0.05) is 5.56 Å². The number of aryl methyl sites for hydroxylation is 1. The van der Waals surface area contributed by atoms with Crippen LogP contribution in [0.1, 0.15) is 24.5 Å². The summed E-state index contributed by atoms with van der Waals surface area (Å²) in [6.45, 7) is 2.09. The molecule has 0 unspecified atom stereocenters. The molecule has 0 heterocycles. The van der Waals surface area contributed by atoms with Crippen LogP contribution in [0.15, 0.2) is 53.4 Å². The van der Waals surface area contributed by atoms with Gasteiger partial charge in [0.15, 0.2) is 0 Å². The van der Waals surface area contributed by atoms with Gasteiger partial charge >= 0.3 is 0 Å². The lowest BCUT2D eigenvalue weighted by Gasteiger charge is -2.09. The Kier molecular flexibility index (Phi) is 4.66. The van der Waals surface area contributed by atoms with Crippen molar-refractivity contribution in [3.63, 3.8) is 0 Å². The summed E-state index contributed by atoms with van der Waals surface area (Å²) in [6, 6.07) is 13.7. The van der Waals surface area contributed by atoms with Crippen LogP contribution >= 0.6 is 0 Å². The third-order valence-corrected chi connectivity index (χ3v) is 4.45. The minimum atomic E-state index is -3.59. The third-order valence-electron chi connectivity index (χ3n) is 3.05. The smallest absolute Gasteiger partial charge is 0.261 e. The van der Waals surface area contributed by atoms with E-state index >= 15 is 0 Å². The van der Waals surface area contributed by atoms with Crippen molar-refractivity contribution < 1.29 is 8.42 Å². The van der Waals surface area contributed by atoms with Gasteiger partial charge < -0.3 is 0 Å². The van der Waals surface area contributed by atoms with E-state index in [-0.39, 0.29) is 4.90 Å². The molecule has 0 aromatic heterocycles. The molecule has 108 valence electrons. The standard InChI is InChI=1S/C17H17NO2S/c1-3-6-15-9-11-17(12-10-15)21(19,20)18-16-8-5-7-14(4-2)13-16/h2,5,7-13,18H,3,6H2,1H3. The van der Waals surface area contributed by atoms with Crippen LogP contribution in [0, 0.1) is 12.3 Å². The molecule has 0 spiro atoms. The lowest BCUT2D eigenvalue weighted by atomic mass is 10.1. The summed E-state index contributed by atoms with van der Waals surface area (Å²) in [5.41, 5.74) is 2.22. The van der Waals surface area contributed by atoms with Crippen molar-refractivity contribution >= 4 is 15.7 Å². The number of hydrogen-bond donors (Lipinski definition) is 1. The molecule has 0 saturated carbocycles. The molecule has 0 aliphatic rings. The fourth-order valence-corrected chi connectivity index (χ4v) is 3.06. The van der Waals surface area contributed by atoms with E-state index in [1.165, 1.54) is 0 Å². The van der Waals surface area contributed by atoms with E-state index in [2.05, 4.69) is 17.6 Å². The summed E-state index contributed by atoms with van der Waals surface area (Å²) >= 11 is 0. The zero-order valence-electron chi connectivity index (χ0n) is 11.8. The Morgan fingerprint density at radius 3 is 2.48 bits per heavy atom. The summed E-state index contributed by atoms with van der Waals surface area (Å²) < 4.78 is 27.2. The predicted octanol–water partition coefficient (Wildman–Crippen LogP) is 3.42. The molecule has 0 amide bonds. The van der Waals surface area contributed by atoms with Gasteiger partial charge in [-0.05, 0) is 42.3 Å². The third kappa shape index (κ3) is 3.87. The molecular weight excluding hydrogens is 282 g/mol. The van der Waals surface area contributed by atoms with Crippen molar-refractivity contribution in [2.75, 3.05) is 4.72 Å². The Hall–Kier alpha value is -2.25. The summed E-state index contributed by atoms with van der Waals surface area (Å²) in [4.78, 5) is 0.244. The van der Waals surface area contributed by atoms with Crippen LogP contribution in [-0.2, 0) is 16.4 Å². The SMILES string of the molecule is C#Cc1cccc(NS(=O)(=O)c2ccc(CCC)cc2)c1. The van der Waals surface area contributed by atoms with Crippen LogP contribution in [0.3, 0.4) is 0 Å². The molecule has 0 bridgehead atoms. The van der Waals surface area contributed by atoms with Gasteiger partial charge in [-0.15, -0.1) is 6.42 Å². The van der Waals surface area contributed by atoms with Gasteiger partial charge in [0.1, 0.15) is 0 Å². The van der Waals surface area contributed by atoms with Crippen LogP contribution in [0.4, 0.5) is 5.69 Å². The second-order valence-electron chi connectivity index (χ2n) is 4.72. The molecule has 0 radical (unpaired) electrons. The molecule has 0 aliphatic carbocycles. The van der Waals surface area contributed by atoms with Crippen molar-refractivity contribution in [2.24, 2.45) is 0 Å². The van der Waals surface area contributed by atoms with Crippen molar-refractivity contribution in [3.8, 4) is 12.3 Å². The first kappa shape index (κ1) is 15.1. The van der Waals surface area contributed by atoms with E-state index in [1.807, 2.05) is 12.1 Å². The van der Waals surface area contributed by atoms with Crippen LogP contribution in [-0.4, -0.2) is 8.42 Å². The maximum Gasteiger partial charge on any atom is 0.261 e. The molecule has 2 aromatic rings. The minimum Gasteiger partial charge on any atom is -0.280 e. The molecule has 0 saturated heterocycles. The van der Waals surface area contributed by atoms with Crippen LogP contribution in [0.5, 0.6) is 0 Å². The Morgan fingerprint density at radius 2 is 1.86 bits per heavy atom. The van der Waals surface area contributed by atoms with Gasteiger partial charge in [-0.25, -0.2) is 8.42 Å². The Balaban J connectivity index is 2.23. The highest BCUT2D eigenvalue weighted by Gasteiger charge is 2.13. The first-order valence-electron chi connectivity index (χ1n) is 6.73. The van der Waals surface area contributed by atoms with Gasteiger partial charge in [0.25, 0.3) is 10.0 Å². The maximum absolute atomic E-state index is 12.3. The largest absolute Gasteiger partial charge is 0.280 e. The Bertz CT molecular complexity index is 756. The van der Waals surface area contributed by atoms with Crippen LogP contribution in [0.2, 0.25) is 0 Å². The number of terminal acetylenes is 1. The highest BCUT2D eigenvalue weighted by Crippen LogP contribution is 2.18. The van der Waals surface area contributed by atoms with Crippen LogP contribution in [0.25, 0.3) is 0 Å². The van der Waals surface area contributed by atoms with Gasteiger partial charge in [-0.3, -0.25) is 4.72 Å². The minimum absolute atomic E-state index is 0.244. The molecule has 0 aliphatic heterocycles. The Labute approximate surface area is 126 Å². The number of nitrogens with one attached hydrogen (secondary N) is 1. The van der Waals surface area contributed by atoms with E-state index < -0.39 is 10.0 Å². The molecule has 2 rings (SSSR count). The fraction of sp³-hybridized carbons (Fsp3) is 0.176. The monoisotopic (exact) mass is 299 g/mol. The summed E-state index contributed by atoms with van der Waals surface area (Å²) in [5.74, 6) is 2.48. The highest BCUT2D eigenvalue weighted by atomic mass is 32.2. The van der Waals surface area contributed by atoms with Gasteiger partial charge in [-0.1, -0.05) is 37.5 Å². The number of hydrogen-bond acceptors (Lipinski definition) is 2. The van der Waals surface area contributed by atoms with Crippen molar-refractivity contribution in [3.05, 3.63) is 59.7 Å². The highest BCUT2D eigenvalue weighted by molar-refractivity contribution is 7.92. The quantitative estimate of drug-likeness (QED) is 0.860. The van der Waals surface area contributed by atoms with Gasteiger partial charge in [-0.2, -0.15) is 0 Å². The van der Waals surface area contributed by atoms with E-state index in [4.69, 9.17) is 6.42 Å².